The third kappa shape index (κ3) is 6.03. The van der Waals surface area contributed by atoms with E-state index in [0.29, 0.717) is 47.2 Å². The van der Waals surface area contributed by atoms with Gasteiger partial charge in [-0.05, 0) is 60.4 Å². The van der Waals surface area contributed by atoms with Crippen LogP contribution >= 0.6 is 11.6 Å². The molecule has 1 atom stereocenters. The van der Waals surface area contributed by atoms with Crippen molar-refractivity contribution in [3.05, 3.63) is 100 Å². The molecule has 3 aromatic carbocycles. The average molecular weight is 534 g/mol. The van der Waals surface area contributed by atoms with E-state index in [4.69, 9.17) is 21.1 Å². The van der Waals surface area contributed by atoms with E-state index >= 15 is 0 Å². The van der Waals surface area contributed by atoms with E-state index in [9.17, 15) is 14.7 Å². The first-order valence-corrected chi connectivity index (χ1v) is 13.2. The molecule has 0 spiro atoms. The Labute approximate surface area is 228 Å². The molecule has 1 unspecified atom stereocenters. The summed E-state index contributed by atoms with van der Waals surface area (Å²) in [5, 5.41) is 11.8. The fraction of sp³-hybridized carbons (Fsp3) is 0.290. The normalized spacial score (nSPS) is 16.6. The zero-order chi connectivity index (χ0) is 27.1. The number of hydrogen-bond acceptors (Lipinski definition) is 5. The molecule has 0 saturated carbocycles. The molecule has 0 radical (unpaired) electrons. The molecule has 0 bridgehead atoms. The Hall–Kier alpha value is -3.77. The SMILES string of the molecule is CCCCCOc1ccc(C2/C(=C(\O)c3ccc(Cl)cc3)C(=O)C(=O)N2CCc2ccccc2)cc1OC. The van der Waals surface area contributed by atoms with Crippen LogP contribution in [0, 0.1) is 0 Å². The molecule has 6 nitrogen and oxygen atoms in total. The maximum Gasteiger partial charge on any atom is 0.295 e. The number of carbonyl (C=O) groups is 2. The van der Waals surface area contributed by atoms with Crippen molar-refractivity contribution < 1.29 is 24.2 Å². The second-order valence-electron chi connectivity index (χ2n) is 9.20. The highest BCUT2D eigenvalue weighted by molar-refractivity contribution is 6.46. The zero-order valence-electron chi connectivity index (χ0n) is 21.7. The fourth-order valence-electron chi connectivity index (χ4n) is 4.62. The molecule has 1 amide bonds. The number of nitrogens with zero attached hydrogens (tertiary/aromatic N) is 1. The number of methoxy groups -OCH3 is 1. The van der Waals surface area contributed by atoms with Gasteiger partial charge in [-0.1, -0.05) is 67.8 Å². The molecule has 7 heteroatoms. The summed E-state index contributed by atoms with van der Waals surface area (Å²) in [4.78, 5) is 28.1. The number of hydrogen-bond donors (Lipinski definition) is 1. The molecule has 1 aliphatic heterocycles. The second kappa shape index (κ2) is 12.7. The van der Waals surface area contributed by atoms with Crippen LogP contribution in [-0.2, 0) is 16.0 Å². The van der Waals surface area contributed by atoms with Crippen LogP contribution in [0.5, 0.6) is 11.5 Å². The summed E-state index contributed by atoms with van der Waals surface area (Å²) < 4.78 is 11.5. The van der Waals surface area contributed by atoms with Crippen LogP contribution in [0.25, 0.3) is 5.76 Å². The van der Waals surface area contributed by atoms with Crippen molar-refractivity contribution in [1.29, 1.82) is 0 Å². The maximum absolute atomic E-state index is 13.3. The Balaban J connectivity index is 1.74. The Bertz CT molecular complexity index is 1300. The standard InChI is InChI=1S/C31H32ClNO5/c1-3-4-8-19-38-25-16-13-23(20-26(25)37-2)28-27(29(34)22-11-14-24(32)15-12-22)30(35)31(36)33(28)18-17-21-9-6-5-7-10-21/h5-7,9-16,20,28,34H,3-4,8,17-19H2,1-2H3/b29-27+. The van der Waals surface area contributed by atoms with Crippen molar-refractivity contribution in [3.8, 4) is 11.5 Å². The molecule has 0 aromatic heterocycles. The minimum absolute atomic E-state index is 0.0315. The maximum atomic E-state index is 13.3. The lowest BCUT2D eigenvalue weighted by Gasteiger charge is -2.26. The predicted octanol–water partition coefficient (Wildman–Crippen LogP) is 6.58. The van der Waals surface area contributed by atoms with Gasteiger partial charge in [-0.2, -0.15) is 0 Å². The summed E-state index contributed by atoms with van der Waals surface area (Å²) in [7, 11) is 1.55. The number of carbonyl (C=O) groups excluding carboxylic acids is 2. The van der Waals surface area contributed by atoms with E-state index in [1.165, 1.54) is 4.90 Å². The van der Waals surface area contributed by atoms with Crippen LogP contribution in [-0.4, -0.2) is 42.0 Å². The summed E-state index contributed by atoms with van der Waals surface area (Å²) in [5.74, 6) is -0.536. The van der Waals surface area contributed by atoms with Gasteiger partial charge in [0.25, 0.3) is 11.7 Å². The fourth-order valence-corrected chi connectivity index (χ4v) is 4.75. The number of ketones is 1. The molecule has 1 heterocycles. The van der Waals surface area contributed by atoms with Crippen molar-refractivity contribution in [2.45, 2.75) is 38.6 Å². The van der Waals surface area contributed by atoms with E-state index in [-0.39, 0.29) is 11.3 Å². The van der Waals surface area contributed by atoms with Gasteiger partial charge < -0.3 is 19.5 Å². The number of ether oxygens (including phenoxy) is 2. The highest BCUT2D eigenvalue weighted by Crippen LogP contribution is 2.42. The number of Topliss-reactive ketones (excluding diaryl/α,β-unsaturated/α-hetero) is 1. The van der Waals surface area contributed by atoms with Crippen molar-refractivity contribution in [2.75, 3.05) is 20.3 Å². The van der Waals surface area contributed by atoms with Crippen LogP contribution < -0.4 is 9.47 Å². The molecule has 1 saturated heterocycles. The van der Waals surface area contributed by atoms with E-state index in [2.05, 4.69) is 6.92 Å². The van der Waals surface area contributed by atoms with E-state index in [1.807, 2.05) is 36.4 Å². The molecule has 4 rings (SSSR count). The topological polar surface area (TPSA) is 76.1 Å². The van der Waals surface area contributed by atoms with Gasteiger partial charge in [0.2, 0.25) is 0 Å². The summed E-state index contributed by atoms with van der Waals surface area (Å²) in [6, 6.07) is 20.9. The Morgan fingerprint density at radius 3 is 2.39 bits per heavy atom. The lowest BCUT2D eigenvalue weighted by molar-refractivity contribution is -0.139. The van der Waals surface area contributed by atoms with Crippen LogP contribution in [0.4, 0.5) is 0 Å². The molecule has 38 heavy (non-hydrogen) atoms. The Kier molecular flexibility index (Phi) is 9.08. The molecule has 0 aliphatic carbocycles. The van der Waals surface area contributed by atoms with Crippen molar-refractivity contribution in [2.24, 2.45) is 0 Å². The highest BCUT2D eigenvalue weighted by atomic mass is 35.5. The quantitative estimate of drug-likeness (QED) is 0.130. The summed E-state index contributed by atoms with van der Waals surface area (Å²) in [6.45, 7) is 3.00. The number of benzene rings is 3. The molecular weight excluding hydrogens is 502 g/mol. The summed E-state index contributed by atoms with van der Waals surface area (Å²) in [6.07, 6.45) is 3.65. The number of likely N-dealkylation sites (tertiary alicyclic amines) is 1. The molecule has 1 fully saturated rings. The first kappa shape index (κ1) is 27.3. The number of unbranched alkanes of at least 4 members (excludes halogenated alkanes) is 2. The molecule has 198 valence electrons. The minimum Gasteiger partial charge on any atom is -0.507 e. The van der Waals surface area contributed by atoms with Crippen molar-refractivity contribution in [3.63, 3.8) is 0 Å². The van der Waals surface area contributed by atoms with Gasteiger partial charge in [-0.25, -0.2) is 0 Å². The Morgan fingerprint density at radius 2 is 1.71 bits per heavy atom. The lowest BCUT2D eigenvalue weighted by atomic mass is 9.95. The van der Waals surface area contributed by atoms with E-state index in [1.54, 1.807) is 43.5 Å². The number of amides is 1. The lowest BCUT2D eigenvalue weighted by Crippen LogP contribution is -2.31. The number of halogens is 1. The van der Waals surface area contributed by atoms with Crippen LogP contribution in [0.3, 0.4) is 0 Å². The van der Waals surface area contributed by atoms with Gasteiger partial charge in [0.05, 0.1) is 25.3 Å². The van der Waals surface area contributed by atoms with E-state index < -0.39 is 17.7 Å². The highest BCUT2D eigenvalue weighted by Gasteiger charge is 2.46. The number of aliphatic hydroxyl groups excluding tert-OH is 1. The second-order valence-corrected chi connectivity index (χ2v) is 9.64. The molecular formula is C31H32ClNO5. The van der Waals surface area contributed by atoms with Crippen LogP contribution in [0.2, 0.25) is 5.02 Å². The molecule has 1 aliphatic rings. The summed E-state index contributed by atoms with van der Waals surface area (Å²) in [5.41, 5.74) is 2.12. The van der Waals surface area contributed by atoms with Crippen LogP contribution in [0.1, 0.15) is 48.9 Å². The number of rotatable bonds is 11. The minimum atomic E-state index is -0.794. The monoisotopic (exact) mass is 533 g/mol. The first-order chi connectivity index (χ1) is 18.4. The van der Waals surface area contributed by atoms with Gasteiger partial charge in [0, 0.05) is 17.1 Å². The van der Waals surface area contributed by atoms with Gasteiger partial charge in [0.1, 0.15) is 5.76 Å². The first-order valence-electron chi connectivity index (χ1n) is 12.8. The van der Waals surface area contributed by atoms with Gasteiger partial charge >= 0.3 is 0 Å². The van der Waals surface area contributed by atoms with Crippen LogP contribution in [0.15, 0.2) is 78.4 Å². The van der Waals surface area contributed by atoms with Gasteiger partial charge in [-0.15, -0.1) is 0 Å². The van der Waals surface area contributed by atoms with E-state index in [0.717, 1.165) is 24.8 Å². The summed E-state index contributed by atoms with van der Waals surface area (Å²) >= 11 is 6.02. The number of aliphatic hydroxyl groups is 1. The van der Waals surface area contributed by atoms with Gasteiger partial charge in [0.15, 0.2) is 11.5 Å². The molecule has 1 N–H and O–H groups in total. The third-order valence-electron chi connectivity index (χ3n) is 6.65. The van der Waals surface area contributed by atoms with Crippen molar-refractivity contribution >= 4 is 29.1 Å². The smallest absolute Gasteiger partial charge is 0.295 e. The zero-order valence-corrected chi connectivity index (χ0v) is 22.4. The molecule has 3 aromatic rings. The largest absolute Gasteiger partial charge is 0.507 e. The Morgan fingerprint density at radius 1 is 0.974 bits per heavy atom. The third-order valence-corrected chi connectivity index (χ3v) is 6.90. The van der Waals surface area contributed by atoms with Crippen molar-refractivity contribution in [1.82, 2.24) is 4.90 Å². The average Bonchev–Trinajstić information content (AvgIpc) is 3.19. The predicted molar refractivity (Wildman–Crippen MR) is 149 cm³/mol. The van der Waals surface area contributed by atoms with Gasteiger partial charge in [-0.3, -0.25) is 9.59 Å².